The molecule has 154 valence electrons. The van der Waals surface area contributed by atoms with E-state index < -0.39 is 5.97 Å². The van der Waals surface area contributed by atoms with Gasteiger partial charge in [-0.25, -0.2) is 4.79 Å². The molecule has 1 aromatic heterocycles. The van der Waals surface area contributed by atoms with Gasteiger partial charge >= 0.3 is 5.97 Å². The summed E-state index contributed by atoms with van der Waals surface area (Å²) in [6.07, 6.45) is 0. The molecule has 4 rings (SSSR count). The van der Waals surface area contributed by atoms with Gasteiger partial charge in [0.1, 0.15) is 0 Å². The minimum Gasteiger partial charge on any atom is -0.402 e. The van der Waals surface area contributed by atoms with Gasteiger partial charge in [-0.15, -0.1) is 10.2 Å². The number of carbonyl (C=O) groups is 1. The summed E-state index contributed by atoms with van der Waals surface area (Å²) in [6, 6.07) is 29.2. The Balaban J connectivity index is 1.44. The first-order chi connectivity index (χ1) is 14.9. The Morgan fingerprint density at radius 1 is 0.677 bits per heavy atom. The number of hydrogen-bond acceptors (Lipinski definition) is 4. The maximum atomic E-state index is 12.4. The molecule has 0 amide bonds. The van der Waals surface area contributed by atoms with E-state index in [2.05, 4.69) is 55.2 Å². The number of hydrogen-bond donors (Lipinski definition) is 0. The molecule has 4 heteroatoms. The Bertz CT molecular complexity index is 1160. The minimum atomic E-state index is -0.449. The van der Waals surface area contributed by atoms with Crippen LogP contribution in [-0.4, -0.2) is 16.2 Å². The van der Waals surface area contributed by atoms with Gasteiger partial charge in [-0.05, 0) is 40.3 Å². The Labute approximate surface area is 182 Å². The van der Waals surface area contributed by atoms with Gasteiger partial charge in [-0.1, -0.05) is 87.5 Å². The minimum absolute atomic E-state index is 0.0308. The van der Waals surface area contributed by atoms with E-state index in [4.69, 9.17) is 4.74 Å². The SMILES string of the molecule is CC(C)(C)c1ccc(C(=O)Oc2ccc(-c3ccc(-c4ccccc4)cc3)nn2)cc1. The van der Waals surface area contributed by atoms with Gasteiger partial charge in [-0.2, -0.15) is 0 Å². The summed E-state index contributed by atoms with van der Waals surface area (Å²) >= 11 is 0. The van der Waals surface area contributed by atoms with Crippen molar-refractivity contribution in [3.8, 4) is 28.3 Å². The van der Waals surface area contributed by atoms with Crippen molar-refractivity contribution in [1.29, 1.82) is 0 Å². The van der Waals surface area contributed by atoms with Gasteiger partial charge in [0.05, 0.1) is 11.3 Å². The Hall–Kier alpha value is -3.79. The predicted molar refractivity (Wildman–Crippen MR) is 123 cm³/mol. The number of benzene rings is 3. The fourth-order valence-corrected chi connectivity index (χ4v) is 3.25. The van der Waals surface area contributed by atoms with Crippen LogP contribution in [0.25, 0.3) is 22.4 Å². The number of aromatic nitrogens is 2. The predicted octanol–water partition coefficient (Wildman–Crippen LogP) is 6.33. The van der Waals surface area contributed by atoms with E-state index in [9.17, 15) is 4.79 Å². The summed E-state index contributed by atoms with van der Waals surface area (Å²) in [5, 5.41) is 8.28. The second-order valence-corrected chi connectivity index (χ2v) is 8.42. The maximum absolute atomic E-state index is 12.4. The van der Waals surface area contributed by atoms with Crippen LogP contribution < -0.4 is 4.74 Å². The first kappa shape index (κ1) is 20.5. The van der Waals surface area contributed by atoms with E-state index in [1.54, 1.807) is 24.3 Å². The molecule has 0 unspecified atom stereocenters. The first-order valence-electron chi connectivity index (χ1n) is 10.2. The lowest BCUT2D eigenvalue weighted by molar-refractivity contribution is 0.0726. The van der Waals surface area contributed by atoms with Crippen LogP contribution in [0.2, 0.25) is 0 Å². The first-order valence-corrected chi connectivity index (χ1v) is 10.2. The fraction of sp³-hybridized carbons (Fsp3) is 0.148. The molecule has 4 aromatic rings. The second kappa shape index (κ2) is 8.52. The van der Waals surface area contributed by atoms with Crippen LogP contribution in [-0.2, 0) is 5.41 Å². The highest BCUT2D eigenvalue weighted by atomic mass is 16.5. The summed E-state index contributed by atoms with van der Waals surface area (Å²) in [7, 11) is 0. The van der Waals surface area contributed by atoms with Gasteiger partial charge in [0.15, 0.2) is 0 Å². The molecule has 1 heterocycles. The maximum Gasteiger partial charge on any atom is 0.344 e. The van der Waals surface area contributed by atoms with Gasteiger partial charge in [0.25, 0.3) is 0 Å². The van der Waals surface area contributed by atoms with Gasteiger partial charge in [0, 0.05) is 11.6 Å². The van der Waals surface area contributed by atoms with Gasteiger partial charge < -0.3 is 4.74 Å². The molecule has 0 bridgehead atoms. The summed E-state index contributed by atoms with van der Waals surface area (Å²) in [6.45, 7) is 6.39. The molecule has 0 spiro atoms. The molecule has 3 aromatic carbocycles. The lowest BCUT2D eigenvalue weighted by atomic mass is 9.87. The van der Waals surface area contributed by atoms with Crippen molar-refractivity contribution in [3.63, 3.8) is 0 Å². The van der Waals surface area contributed by atoms with E-state index in [0.29, 0.717) is 11.3 Å². The molecular formula is C27H24N2O2. The van der Waals surface area contributed by atoms with Crippen LogP contribution in [0.15, 0.2) is 91.0 Å². The molecule has 0 N–H and O–H groups in total. The Kier molecular flexibility index (Phi) is 5.63. The van der Waals surface area contributed by atoms with Crippen LogP contribution in [0.3, 0.4) is 0 Å². The van der Waals surface area contributed by atoms with Crippen LogP contribution in [0.4, 0.5) is 0 Å². The molecule has 4 nitrogen and oxygen atoms in total. The number of esters is 1. The summed E-state index contributed by atoms with van der Waals surface area (Å²) in [5.74, 6) is -0.274. The lowest BCUT2D eigenvalue weighted by Crippen LogP contribution is -2.13. The zero-order valence-corrected chi connectivity index (χ0v) is 17.9. The smallest absolute Gasteiger partial charge is 0.344 e. The summed E-state index contributed by atoms with van der Waals surface area (Å²) < 4.78 is 5.38. The van der Waals surface area contributed by atoms with Crippen LogP contribution >= 0.6 is 0 Å². The summed E-state index contributed by atoms with van der Waals surface area (Å²) in [5.41, 5.74) is 5.64. The molecule has 31 heavy (non-hydrogen) atoms. The van der Waals surface area contributed by atoms with Crippen molar-refractivity contribution in [1.82, 2.24) is 10.2 Å². The third-order valence-corrected chi connectivity index (χ3v) is 5.11. The van der Waals surface area contributed by atoms with Crippen LogP contribution in [0.5, 0.6) is 5.88 Å². The zero-order chi connectivity index (χ0) is 21.8. The Morgan fingerprint density at radius 3 is 1.87 bits per heavy atom. The average molecular weight is 409 g/mol. The third-order valence-electron chi connectivity index (χ3n) is 5.11. The molecule has 0 radical (unpaired) electrons. The molecule has 0 atom stereocenters. The van der Waals surface area contributed by atoms with E-state index in [1.807, 2.05) is 42.5 Å². The largest absolute Gasteiger partial charge is 0.402 e. The van der Waals surface area contributed by atoms with Crippen LogP contribution in [0, 0.1) is 0 Å². The van der Waals surface area contributed by atoms with E-state index in [0.717, 1.165) is 22.3 Å². The van der Waals surface area contributed by atoms with E-state index in [-0.39, 0.29) is 11.3 Å². The van der Waals surface area contributed by atoms with Gasteiger partial charge in [-0.3, -0.25) is 0 Å². The number of nitrogens with zero attached hydrogens (tertiary/aromatic N) is 2. The topological polar surface area (TPSA) is 52.1 Å². The van der Waals surface area contributed by atoms with E-state index >= 15 is 0 Å². The fourth-order valence-electron chi connectivity index (χ4n) is 3.25. The Morgan fingerprint density at radius 2 is 1.29 bits per heavy atom. The van der Waals surface area contributed by atoms with Crippen molar-refractivity contribution in [2.75, 3.05) is 0 Å². The average Bonchev–Trinajstić information content (AvgIpc) is 2.80. The third kappa shape index (κ3) is 4.86. The molecular weight excluding hydrogens is 384 g/mol. The normalized spacial score (nSPS) is 11.2. The highest BCUT2D eigenvalue weighted by Crippen LogP contribution is 2.25. The van der Waals surface area contributed by atoms with Crippen molar-refractivity contribution in [3.05, 3.63) is 102 Å². The summed E-state index contributed by atoms with van der Waals surface area (Å²) in [4.78, 5) is 12.4. The quantitative estimate of drug-likeness (QED) is 0.370. The molecule has 0 saturated carbocycles. The number of carbonyl (C=O) groups excluding carboxylic acids is 1. The molecule has 0 fully saturated rings. The monoisotopic (exact) mass is 408 g/mol. The lowest BCUT2D eigenvalue weighted by Gasteiger charge is -2.18. The second-order valence-electron chi connectivity index (χ2n) is 8.42. The molecule has 0 saturated heterocycles. The standard InChI is InChI=1S/C27H24N2O2/c1-27(2,3)23-15-13-22(14-16-23)26(30)31-25-18-17-24(28-29-25)21-11-9-20(10-12-21)19-7-5-4-6-8-19/h4-18H,1-3H3. The van der Waals surface area contributed by atoms with E-state index in [1.165, 1.54) is 0 Å². The molecule has 0 aliphatic rings. The van der Waals surface area contributed by atoms with Crippen molar-refractivity contribution >= 4 is 5.97 Å². The zero-order valence-electron chi connectivity index (χ0n) is 17.9. The van der Waals surface area contributed by atoms with Crippen molar-refractivity contribution in [2.24, 2.45) is 0 Å². The van der Waals surface area contributed by atoms with Crippen LogP contribution in [0.1, 0.15) is 36.7 Å². The van der Waals surface area contributed by atoms with Gasteiger partial charge in [0.2, 0.25) is 5.88 Å². The van der Waals surface area contributed by atoms with Crippen molar-refractivity contribution in [2.45, 2.75) is 26.2 Å². The van der Waals surface area contributed by atoms with Crippen molar-refractivity contribution < 1.29 is 9.53 Å². The number of ether oxygens (including phenoxy) is 1. The highest BCUT2D eigenvalue weighted by Gasteiger charge is 2.15. The highest BCUT2D eigenvalue weighted by molar-refractivity contribution is 5.90. The number of rotatable bonds is 4. The molecule has 0 aliphatic heterocycles. The molecule has 0 aliphatic carbocycles.